The fourth-order valence-corrected chi connectivity index (χ4v) is 13.2. The van der Waals surface area contributed by atoms with E-state index in [-0.39, 0.29) is 31.3 Å². The summed E-state index contributed by atoms with van der Waals surface area (Å²) in [5.41, 5.74) is 12.2. The van der Waals surface area contributed by atoms with Crippen molar-refractivity contribution in [2.75, 3.05) is 0 Å². The van der Waals surface area contributed by atoms with Gasteiger partial charge in [0.25, 0.3) is 0 Å². The van der Waals surface area contributed by atoms with Crippen LogP contribution >= 0.6 is 0 Å². The number of fused-ring (bicyclic) bond motifs is 4. The largest absolute Gasteiger partial charge is 0.501 e. The predicted molar refractivity (Wildman–Crippen MR) is 315 cm³/mol. The second kappa shape index (κ2) is 22.1. The summed E-state index contributed by atoms with van der Waals surface area (Å²) in [6.07, 6.45) is 2.30. The molecule has 6 nitrogen and oxygen atoms in total. The molecule has 0 spiro atoms. The quantitative estimate of drug-likeness (QED) is 0.101. The summed E-state index contributed by atoms with van der Waals surface area (Å²) in [5, 5.41) is 1.88. The first kappa shape index (κ1) is 50.7. The molecule has 10 aromatic rings. The van der Waals surface area contributed by atoms with Crippen molar-refractivity contribution in [1.29, 1.82) is 0 Å². The smallest absolute Gasteiger partial charge is 0.134 e. The molecule has 393 valence electrons. The molecule has 4 heterocycles. The van der Waals surface area contributed by atoms with Crippen molar-refractivity contribution in [3.63, 3.8) is 0 Å². The maximum Gasteiger partial charge on any atom is 0.134 e. The van der Waals surface area contributed by atoms with Crippen LogP contribution in [0.15, 0.2) is 138 Å². The third-order valence-corrected chi connectivity index (χ3v) is 17.7. The molecule has 0 aliphatic rings. The Morgan fingerprint density at radius 3 is 2.01 bits per heavy atom. The zero-order chi connectivity index (χ0) is 57.4. The van der Waals surface area contributed by atoms with Crippen LogP contribution < -0.4 is 4.40 Å². The average Bonchev–Trinajstić information content (AvgIpc) is 3.96. The van der Waals surface area contributed by atoms with Gasteiger partial charge in [0.15, 0.2) is 0 Å². The van der Waals surface area contributed by atoms with Gasteiger partial charge < -0.3 is 8.98 Å². The van der Waals surface area contributed by atoms with Crippen molar-refractivity contribution in [2.24, 2.45) is 5.41 Å². The van der Waals surface area contributed by atoms with Gasteiger partial charge in [0.1, 0.15) is 11.4 Å². The Balaban J connectivity index is 0.000000338. The van der Waals surface area contributed by atoms with E-state index >= 15 is 0 Å². The predicted octanol–water partition coefficient (Wildman–Crippen LogP) is 18.0. The van der Waals surface area contributed by atoms with Gasteiger partial charge in [-0.2, -0.15) is 0 Å². The monoisotopic (exact) mass is 1250 g/mol. The molecular formula is C67H72FGeIrN5O-2. The maximum absolute atomic E-state index is 13.0. The van der Waals surface area contributed by atoms with E-state index in [0.717, 1.165) is 78.1 Å². The van der Waals surface area contributed by atoms with E-state index in [9.17, 15) is 7.13 Å². The second-order valence-corrected chi connectivity index (χ2v) is 34.1. The Morgan fingerprint density at radius 1 is 0.711 bits per heavy atom. The van der Waals surface area contributed by atoms with E-state index in [1.165, 1.54) is 22.1 Å². The Morgan fingerprint density at radius 2 is 1.39 bits per heavy atom. The summed E-state index contributed by atoms with van der Waals surface area (Å²) in [5.74, 6) is 6.52. The van der Waals surface area contributed by atoms with Crippen LogP contribution in [0.4, 0.5) is 4.39 Å². The zero-order valence-corrected chi connectivity index (χ0v) is 51.1. The second-order valence-electron chi connectivity index (χ2n) is 23.5. The number of pyridine rings is 1. The van der Waals surface area contributed by atoms with E-state index in [1.807, 2.05) is 127 Å². The Bertz CT molecular complexity index is 3860. The van der Waals surface area contributed by atoms with Crippen LogP contribution in [0, 0.1) is 23.4 Å². The molecule has 0 saturated heterocycles. The topological polar surface area (TPSA) is 69.6 Å². The van der Waals surface area contributed by atoms with Crippen LogP contribution in [0.2, 0.25) is 17.3 Å². The number of halogens is 1. The van der Waals surface area contributed by atoms with E-state index < -0.39 is 36.8 Å². The fourth-order valence-electron chi connectivity index (χ4n) is 9.64. The fraction of sp³-hybridized carbons (Fsp3) is 0.313. The number of nitrogens with zero attached hydrogens (tertiary/aromatic N) is 5. The Hall–Kier alpha value is -6.06. The summed E-state index contributed by atoms with van der Waals surface area (Å²) < 4.78 is 60.2. The first-order chi connectivity index (χ1) is 36.8. The van der Waals surface area contributed by atoms with Crippen LogP contribution in [0.5, 0.6) is 0 Å². The first-order valence-corrected chi connectivity index (χ1v) is 33.3. The molecule has 0 atom stereocenters. The summed E-state index contributed by atoms with van der Waals surface area (Å²) in [6.45, 7) is 24.0. The minimum absolute atomic E-state index is 0. The van der Waals surface area contributed by atoms with Crippen molar-refractivity contribution in [1.82, 2.24) is 24.5 Å². The molecule has 0 unspecified atom stereocenters. The summed E-state index contributed by atoms with van der Waals surface area (Å²) in [7, 11) is 0. The number of aromatic nitrogens is 5. The van der Waals surface area contributed by atoms with Gasteiger partial charge in [-0.05, 0) is 87.8 Å². The summed E-state index contributed by atoms with van der Waals surface area (Å²) in [4.78, 5) is 19.3. The van der Waals surface area contributed by atoms with Crippen molar-refractivity contribution >= 4 is 50.6 Å². The maximum atomic E-state index is 13.0. The first-order valence-electron chi connectivity index (χ1n) is 28.0. The number of imidazole rings is 1. The van der Waals surface area contributed by atoms with E-state index in [0.29, 0.717) is 34.0 Å². The van der Waals surface area contributed by atoms with Crippen LogP contribution in [0.25, 0.3) is 83.7 Å². The Labute approximate surface area is 472 Å². The van der Waals surface area contributed by atoms with Gasteiger partial charge in [-0.25, -0.2) is 9.97 Å². The molecule has 0 fully saturated rings. The summed E-state index contributed by atoms with van der Waals surface area (Å²) in [6, 6.07) is 44.8. The van der Waals surface area contributed by atoms with E-state index in [4.69, 9.17) is 17.1 Å². The molecule has 0 aliphatic carbocycles. The van der Waals surface area contributed by atoms with Gasteiger partial charge in [-0.1, -0.05) is 129 Å². The number of furan rings is 1. The van der Waals surface area contributed by atoms with Gasteiger partial charge in [-0.3, -0.25) is 4.98 Å². The standard InChI is InChI=1S/C50H51N4O.C17H21FGeN.Ir/c1-30(2)39-26-35(33-20-18-32(19-21-33)29-49(5,6)7)27-40(31(3)4)45(39)54-43-17-12-11-16-42(43)52-47(54)38-15-13-14-37-36-23-22-34(28-44(36)55-46(37)38)41-24-25-51-48(53-41)50(8,9)10;1-12(2)15-10-17(13-6-8-14(18)9-7-13)20-11-16(15)19(3,4)5;/h11-14,16-28,30-31H,29H2,1-10H3;6,8-12H,1-5H3;/q2*-1;/i29D2,30D,31D;;. The minimum atomic E-state index is -1.92. The average molecular weight is 1250 g/mol. The number of benzene rings is 6. The third-order valence-electron chi connectivity index (χ3n) is 13.4. The van der Waals surface area contributed by atoms with Crippen LogP contribution in [-0.4, -0.2) is 37.8 Å². The molecule has 0 aliphatic heterocycles. The van der Waals surface area contributed by atoms with E-state index in [1.54, 1.807) is 12.3 Å². The van der Waals surface area contributed by atoms with Crippen molar-refractivity contribution < 1.29 is 34.4 Å². The molecule has 0 bridgehead atoms. The van der Waals surface area contributed by atoms with Crippen LogP contribution in [0.1, 0.15) is 134 Å². The molecule has 1 radical (unpaired) electrons. The number of para-hydroxylation sites is 2. The van der Waals surface area contributed by atoms with E-state index in [2.05, 4.69) is 109 Å². The van der Waals surface area contributed by atoms with Gasteiger partial charge in [-0.15, -0.1) is 18.2 Å². The van der Waals surface area contributed by atoms with Gasteiger partial charge in [0.05, 0.1) is 28.1 Å². The molecular weight excluding hydrogens is 1170 g/mol. The Kier molecular flexibility index (Phi) is 14.8. The van der Waals surface area contributed by atoms with Gasteiger partial charge >= 0.3 is 123 Å². The number of hydrogen-bond donors (Lipinski definition) is 0. The molecule has 10 rings (SSSR count). The molecule has 6 aromatic carbocycles. The SMILES string of the molecule is CC(C)c1cc(-c2[c-]cc(F)cc2)nc[c]1[Ge]([CH3])([CH3])[CH3].[2H]C(C)(C)c1cc(-c2ccc(C([2H])([2H])C(C)(C)C)cc2)cc(C([2H])(C)C)c1-n1c(-c2[c-]ccc3c2oc2cc(-c4ccnc(C(C)(C)C)n4)ccc23)nc2ccccc21.[Ir]. The third kappa shape index (κ3) is 11.9. The van der Waals surface area contributed by atoms with Crippen LogP contribution in [-0.2, 0) is 31.9 Å². The summed E-state index contributed by atoms with van der Waals surface area (Å²) >= 11 is -1.92. The normalized spacial score (nSPS) is 13.5. The van der Waals surface area contributed by atoms with Gasteiger partial charge in [0.2, 0.25) is 0 Å². The van der Waals surface area contributed by atoms with Crippen molar-refractivity contribution in [2.45, 2.75) is 130 Å². The van der Waals surface area contributed by atoms with Crippen molar-refractivity contribution in [3.05, 3.63) is 180 Å². The molecule has 9 heteroatoms. The molecule has 76 heavy (non-hydrogen) atoms. The molecule has 0 N–H and O–H groups in total. The molecule has 4 aromatic heterocycles. The minimum Gasteiger partial charge on any atom is -0.501 e. The zero-order valence-electron chi connectivity index (χ0n) is 50.6. The van der Waals surface area contributed by atoms with Crippen LogP contribution in [0.3, 0.4) is 0 Å². The molecule has 0 amide bonds. The molecule has 0 saturated carbocycles. The van der Waals surface area contributed by atoms with Gasteiger partial charge in [0, 0.05) is 53.8 Å². The number of rotatable bonds is 10. The number of hydrogen-bond acceptors (Lipinski definition) is 5. The van der Waals surface area contributed by atoms with Crippen molar-refractivity contribution in [3.8, 4) is 50.7 Å².